The number of carbonyl (C=O) groups is 2. The second-order valence-electron chi connectivity index (χ2n) is 4.95. The summed E-state index contributed by atoms with van der Waals surface area (Å²) < 4.78 is 0.939. The van der Waals surface area contributed by atoms with Crippen LogP contribution in [0.5, 0.6) is 5.75 Å². The maximum Gasteiger partial charge on any atom is 0.298 e. The topological polar surface area (TPSA) is 57.6 Å². The number of thioether (sulfide) groups is 1. The van der Waals surface area contributed by atoms with Gasteiger partial charge in [-0.2, -0.15) is 0 Å². The Bertz CT molecular complexity index is 926. The van der Waals surface area contributed by atoms with Crippen LogP contribution in [0.15, 0.2) is 44.2 Å². The van der Waals surface area contributed by atoms with E-state index in [-0.39, 0.29) is 15.7 Å². The van der Waals surface area contributed by atoms with Crippen LogP contribution in [-0.2, 0) is 4.79 Å². The fourth-order valence-corrected chi connectivity index (χ4v) is 4.49. The van der Waals surface area contributed by atoms with Crippen molar-refractivity contribution in [3.05, 3.63) is 59.8 Å². The molecule has 2 aromatic carbocycles. The van der Waals surface area contributed by atoms with Gasteiger partial charge in [0, 0.05) is 0 Å². The summed E-state index contributed by atoms with van der Waals surface area (Å²) in [6, 6.07) is 7.85. The Kier molecular flexibility index (Phi) is 5.51. The van der Waals surface area contributed by atoms with Gasteiger partial charge in [-0.3, -0.25) is 9.59 Å². The monoisotopic (exact) mass is 521 g/mol. The molecule has 3 rings (SSSR count). The molecule has 4 nitrogen and oxygen atoms in total. The second-order valence-corrected chi connectivity index (χ2v) is 8.46. The van der Waals surface area contributed by atoms with E-state index in [1.54, 1.807) is 24.3 Å². The van der Waals surface area contributed by atoms with Crippen LogP contribution in [0.25, 0.3) is 6.08 Å². The first-order chi connectivity index (χ1) is 11.8. The summed E-state index contributed by atoms with van der Waals surface area (Å²) in [5, 5.41) is 9.93. The number of phenols is 1. The van der Waals surface area contributed by atoms with Crippen molar-refractivity contribution in [2.45, 2.75) is 0 Å². The molecule has 1 heterocycles. The number of nitrogens with zero attached hydrogens (tertiary/aromatic N) is 1. The molecule has 0 aromatic heterocycles. The molecule has 0 aliphatic carbocycles. The maximum absolute atomic E-state index is 12.6. The lowest BCUT2D eigenvalue weighted by molar-refractivity contribution is -0.113. The van der Waals surface area contributed by atoms with Crippen molar-refractivity contribution in [1.82, 2.24) is 0 Å². The molecule has 1 saturated heterocycles. The summed E-state index contributed by atoms with van der Waals surface area (Å²) in [4.78, 5) is 26.2. The molecule has 1 N–H and O–H groups in total. The Hall–Kier alpha value is -0.990. The van der Waals surface area contributed by atoms with Crippen molar-refractivity contribution in [3.63, 3.8) is 0 Å². The van der Waals surface area contributed by atoms with E-state index in [9.17, 15) is 14.7 Å². The van der Waals surface area contributed by atoms with Crippen molar-refractivity contribution in [1.29, 1.82) is 0 Å². The first kappa shape index (κ1) is 18.8. The Morgan fingerprint density at radius 2 is 1.68 bits per heavy atom. The summed E-state index contributed by atoms with van der Waals surface area (Å²) >= 11 is 19.1. The largest absolute Gasteiger partial charge is 0.506 e. The standard InChI is InChI=1S/C16H7Br2Cl2NO3S/c17-9-3-7(4-10(18)14(9)22)5-13-15(23)21(16(24)25-13)8-1-2-11(19)12(20)6-8/h1-6,22H/b13-5-. The fourth-order valence-electron chi connectivity index (χ4n) is 2.13. The number of rotatable bonds is 2. The number of imide groups is 1. The van der Waals surface area contributed by atoms with Gasteiger partial charge in [0.1, 0.15) is 5.75 Å². The van der Waals surface area contributed by atoms with Crippen molar-refractivity contribution >= 4 is 89.7 Å². The van der Waals surface area contributed by atoms with Gasteiger partial charge in [0.2, 0.25) is 0 Å². The SMILES string of the molecule is O=C1S/C(=C\c2cc(Br)c(O)c(Br)c2)C(=O)N1c1ccc(Cl)c(Cl)c1. The molecule has 1 aliphatic rings. The van der Waals surface area contributed by atoms with Crippen molar-refractivity contribution in [3.8, 4) is 5.75 Å². The molecule has 2 amide bonds. The number of hydrogen-bond acceptors (Lipinski definition) is 4. The molecule has 25 heavy (non-hydrogen) atoms. The zero-order valence-electron chi connectivity index (χ0n) is 12.1. The molecule has 0 unspecified atom stereocenters. The Labute approximate surface area is 174 Å². The van der Waals surface area contributed by atoms with Crippen LogP contribution in [0.1, 0.15) is 5.56 Å². The molecular formula is C16H7Br2Cl2NO3S. The molecule has 0 atom stereocenters. The highest BCUT2D eigenvalue weighted by Gasteiger charge is 2.36. The van der Waals surface area contributed by atoms with E-state index in [4.69, 9.17) is 23.2 Å². The third-order valence-corrected chi connectivity index (χ3v) is 6.11. The van der Waals surface area contributed by atoms with Crippen LogP contribution >= 0.6 is 66.8 Å². The highest BCUT2D eigenvalue weighted by molar-refractivity contribution is 9.11. The van der Waals surface area contributed by atoms with Crippen LogP contribution in [0, 0.1) is 0 Å². The zero-order valence-corrected chi connectivity index (χ0v) is 17.6. The molecule has 0 saturated carbocycles. The summed E-state index contributed by atoms with van der Waals surface area (Å²) in [7, 11) is 0. The van der Waals surface area contributed by atoms with Crippen molar-refractivity contribution in [2.75, 3.05) is 4.90 Å². The van der Waals surface area contributed by atoms with E-state index < -0.39 is 11.1 Å². The molecule has 1 aliphatic heterocycles. The van der Waals surface area contributed by atoms with Gasteiger partial charge in [-0.1, -0.05) is 23.2 Å². The number of aromatic hydroxyl groups is 1. The minimum Gasteiger partial charge on any atom is -0.506 e. The predicted molar refractivity (Wildman–Crippen MR) is 108 cm³/mol. The van der Waals surface area contributed by atoms with Crippen molar-refractivity contribution < 1.29 is 14.7 Å². The van der Waals surface area contributed by atoms with Gasteiger partial charge in [0.05, 0.1) is 29.6 Å². The minimum absolute atomic E-state index is 0.0565. The fraction of sp³-hybridized carbons (Fsp3) is 0. The van der Waals surface area contributed by atoms with Gasteiger partial charge in [-0.15, -0.1) is 0 Å². The van der Waals surface area contributed by atoms with Crippen LogP contribution in [0.2, 0.25) is 10.0 Å². The van der Waals surface area contributed by atoms with Crippen LogP contribution < -0.4 is 4.90 Å². The van der Waals surface area contributed by atoms with Gasteiger partial charge in [0.15, 0.2) is 0 Å². The van der Waals surface area contributed by atoms with E-state index in [0.29, 0.717) is 25.2 Å². The van der Waals surface area contributed by atoms with E-state index >= 15 is 0 Å². The molecule has 2 aromatic rings. The Morgan fingerprint density at radius 1 is 1.04 bits per heavy atom. The van der Waals surface area contributed by atoms with E-state index in [1.165, 1.54) is 12.1 Å². The molecule has 0 radical (unpaired) electrons. The highest BCUT2D eigenvalue weighted by Crippen LogP contribution is 2.39. The predicted octanol–water partition coefficient (Wildman–Crippen LogP) is 6.46. The van der Waals surface area contributed by atoms with Gasteiger partial charge < -0.3 is 5.11 Å². The van der Waals surface area contributed by atoms with Gasteiger partial charge in [-0.25, -0.2) is 4.90 Å². The Balaban J connectivity index is 1.97. The summed E-state index contributed by atoms with van der Waals surface area (Å²) in [6.07, 6.45) is 1.58. The number of halogens is 4. The van der Waals surface area contributed by atoms with Crippen molar-refractivity contribution in [2.24, 2.45) is 0 Å². The normalized spacial score (nSPS) is 16.2. The molecule has 1 fully saturated rings. The number of carbonyl (C=O) groups excluding carboxylic acids is 2. The molecule has 0 bridgehead atoms. The summed E-state index contributed by atoms with van der Waals surface area (Å²) in [6.45, 7) is 0. The van der Waals surface area contributed by atoms with E-state index in [0.717, 1.165) is 16.7 Å². The maximum atomic E-state index is 12.6. The number of hydrogen-bond donors (Lipinski definition) is 1. The average Bonchev–Trinajstić information content (AvgIpc) is 2.82. The van der Waals surface area contributed by atoms with Gasteiger partial charge >= 0.3 is 0 Å². The number of amides is 2. The van der Waals surface area contributed by atoms with Crippen LogP contribution in [0.3, 0.4) is 0 Å². The first-order valence-electron chi connectivity index (χ1n) is 6.69. The number of benzene rings is 2. The summed E-state index contributed by atoms with van der Waals surface area (Å²) in [5.41, 5.74) is 1.00. The molecular weight excluding hydrogens is 517 g/mol. The number of anilines is 1. The number of phenolic OH excluding ortho intramolecular Hbond substituents is 1. The van der Waals surface area contributed by atoms with Crippen LogP contribution in [0.4, 0.5) is 10.5 Å². The molecule has 128 valence electrons. The van der Waals surface area contributed by atoms with Gasteiger partial charge in [-0.05, 0) is 85.6 Å². The van der Waals surface area contributed by atoms with Crippen LogP contribution in [-0.4, -0.2) is 16.3 Å². The third-order valence-electron chi connectivity index (χ3n) is 3.29. The van der Waals surface area contributed by atoms with E-state index in [2.05, 4.69) is 31.9 Å². The minimum atomic E-state index is -0.450. The third kappa shape index (κ3) is 3.75. The lowest BCUT2D eigenvalue weighted by Crippen LogP contribution is -2.27. The van der Waals surface area contributed by atoms with E-state index in [1.807, 2.05) is 0 Å². The smallest absolute Gasteiger partial charge is 0.298 e. The van der Waals surface area contributed by atoms with Gasteiger partial charge in [0.25, 0.3) is 11.1 Å². The molecule has 9 heteroatoms. The lowest BCUT2D eigenvalue weighted by atomic mass is 10.2. The first-order valence-corrected chi connectivity index (χ1v) is 9.85. The summed E-state index contributed by atoms with van der Waals surface area (Å²) in [5.74, 6) is -0.394. The quantitative estimate of drug-likeness (QED) is 0.459. The lowest BCUT2D eigenvalue weighted by Gasteiger charge is -2.13. The second kappa shape index (κ2) is 7.32. The zero-order chi connectivity index (χ0) is 18.3. The highest BCUT2D eigenvalue weighted by atomic mass is 79.9. The molecule has 0 spiro atoms. The Morgan fingerprint density at radius 3 is 2.28 bits per heavy atom. The average molecular weight is 524 g/mol.